The van der Waals surface area contributed by atoms with Crippen LogP contribution in [0.2, 0.25) is 0 Å². The van der Waals surface area contributed by atoms with E-state index in [1.54, 1.807) is 11.2 Å². The summed E-state index contributed by atoms with van der Waals surface area (Å²) in [6.45, 7) is 13.0. The first-order valence-corrected chi connectivity index (χ1v) is 9.69. The van der Waals surface area contributed by atoms with Gasteiger partial charge in [0.2, 0.25) is 4.91 Å². The molecule has 0 bridgehead atoms. The molecule has 0 saturated heterocycles. The van der Waals surface area contributed by atoms with Crippen molar-refractivity contribution in [2.45, 2.75) is 37.5 Å². The maximum absolute atomic E-state index is 4.33. The minimum Gasteiger partial charge on any atom is -0.125 e. The van der Waals surface area contributed by atoms with Crippen LogP contribution in [0.5, 0.6) is 0 Å². The quantitative estimate of drug-likeness (QED) is 0.618. The molecule has 0 radical (unpaired) electrons. The van der Waals surface area contributed by atoms with Gasteiger partial charge in [0.15, 0.2) is 9.79 Å². The van der Waals surface area contributed by atoms with Gasteiger partial charge in [0.25, 0.3) is 0 Å². The molecule has 2 rings (SSSR count). The van der Waals surface area contributed by atoms with Crippen molar-refractivity contribution in [3.63, 3.8) is 0 Å². The third-order valence-corrected chi connectivity index (χ3v) is 6.56. The van der Waals surface area contributed by atoms with Crippen LogP contribution in [0.1, 0.15) is 23.6 Å². The van der Waals surface area contributed by atoms with Gasteiger partial charge < -0.3 is 0 Å². The van der Waals surface area contributed by atoms with E-state index in [1.807, 2.05) is 0 Å². The molecule has 2 aromatic rings. The Balaban J connectivity index is 2.62. The highest BCUT2D eigenvalue weighted by molar-refractivity contribution is 8.01. The monoisotopic (exact) mass is 327 g/mol. The van der Waals surface area contributed by atoms with Gasteiger partial charge in [-0.1, -0.05) is 42.8 Å². The number of aryl methyl sites for hydroxylation is 3. The summed E-state index contributed by atoms with van der Waals surface area (Å²) in [4.78, 5) is 3.78. The summed E-state index contributed by atoms with van der Waals surface area (Å²) >= 11 is 1.71. The average Bonchev–Trinajstić information content (AvgIpc) is 2.49. The normalized spacial score (nSPS) is 11.6. The van der Waals surface area contributed by atoms with E-state index in [2.05, 4.69) is 81.9 Å². The number of allylic oxidation sites excluding steroid dienone is 1. The molecule has 22 heavy (non-hydrogen) atoms. The van der Waals surface area contributed by atoms with Crippen LogP contribution in [-0.2, 0) is 10.9 Å². The SMILES string of the molecule is C=C(C#SCC)[S+](c1ccccc1)c1c(C)cc(C)cc1C. The molecule has 0 amide bonds. The highest BCUT2D eigenvalue weighted by atomic mass is 32.2. The van der Waals surface area contributed by atoms with Crippen molar-refractivity contribution in [3.8, 4) is 5.18 Å². The van der Waals surface area contributed by atoms with E-state index >= 15 is 0 Å². The molecule has 114 valence electrons. The van der Waals surface area contributed by atoms with Crippen molar-refractivity contribution in [1.82, 2.24) is 0 Å². The molecule has 1 unspecified atom stereocenters. The number of hydrogen-bond donors (Lipinski definition) is 0. The summed E-state index contributed by atoms with van der Waals surface area (Å²) in [6, 6.07) is 15.2. The Morgan fingerprint density at radius 1 is 1.09 bits per heavy atom. The lowest BCUT2D eigenvalue weighted by Gasteiger charge is -2.12. The molecule has 0 N–H and O–H groups in total. The highest BCUT2D eigenvalue weighted by Gasteiger charge is 2.32. The van der Waals surface area contributed by atoms with E-state index in [-0.39, 0.29) is 10.9 Å². The fourth-order valence-electron chi connectivity index (χ4n) is 2.62. The van der Waals surface area contributed by atoms with Crippen LogP contribution in [0.4, 0.5) is 0 Å². The summed E-state index contributed by atoms with van der Waals surface area (Å²) in [5, 5.41) is 3.43. The van der Waals surface area contributed by atoms with Gasteiger partial charge in [0.1, 0.15) is 10.9 Å². The Morgan fingerprint density at radius 2 is 1.68 bits per heavy atom. The van der Waals surface area contributed by atoms with Crippen LogP contribution >= 0.6 is 11.2 Å². The predicted molar refractivity (Wildman–Crippen MR) is 102 cm³/mol. The van der Waals surface area contributed by atoms with Crippen LogP contribution in [-0.4, -0.2) is 5.75 Å². The highest BCUT2D eigenvalue weighted by Crippen LogP contribution is 2.34. The van der Waals surface area contributed by atoms with Crippen LogP contribution in [0.15, 0.2) is 63.7 Å². The average molecular weight is 328 g/mol. The van der Waals surface area contributed by atoms with Gasteiger partial charge in [-0.2, -0.15) is 0 Å². The molecule has 0 aliphatic carbocycles. The van der Waals surface area contributed by atoms with Crippen LogP contribution < -0.4 is 0 Å². The molecule has 0 nitrogen and oxygen atoms in total. The van der Waals surface area contributed by atoms with E-state index in [1.165, 1.54) is 26.5 Å². The van der Waals surface area contributed by atoms with Gasteiger partial charge >= 0.3 is 0 Å². The minimum atomic E-state index is -0.155. The van der Waals surface area contributed by atoms with Gasteiger partial charge in [0.05, 0.1) is 0 Å². The Hall–Kier alpha value is -1.47. The second-order valence-corrected chi connectivity index (χ2v) is 8.36. The zero-order valence-electron chi connectivity index (χ0n) is 13.8. The van der Waals surface area contributed by atoms with Crippen molar-refractivity contribution in [3.05, 3.63) is 70.6 Å². The third kappa shape index (κ3) is 3.84. The molecule has 0 aromatic heterocycles. The predicted octanol–water partition coefficient (Wildman–Crippen LogP) is 5.87. The van der Waals surface area contributed by atoms with E-state index in [0.29, 0.717) is 0 Å². The summed E-state index contributed by atoms with van der Waals surface area (Å²) in [6.07, 6.45) is 0. The summed E-state index contributed by atoms with van der Waals surface area (Å²) in [5.41, 5.74) is 4.00. The fraction of sp³-hybridized carbons (Fsp3) is 0.250. The van der Waals surface area contributed by atoms with E-state index < -0.39 is 0 Å². The topological polar surface area (TPSA) is 0 Å². The lowest BCUT2D eigenvalue weighted by molar-refractivity contribution is 1.18. The third-order valence-electron chi connectivity index (χ3n) is 3.36. The van der Waals surface area contributed by atoms with Crippen molar-refractivity contribution in [1.29, 1.82) is 0 Å². The van der Waals surface area contributed by atoms with Crippen molar-refractivity contribution in [2.75, 3.05) is 5.75 Å². The Kier molecular flexibility index (Phi) is 5.90. The fourth-order valence-corrected chi connectivity index (χ4v) is 5.40. The maximum Gasteiger partial charge on any atom is 0.211 e. The number of rotatable bonds is 3. The second kappa shape index (κ2) is 7.69. The molecule has 0 spiro atoms. The van der Waals surface area contributed by atoms with Gasteiger partial charge in [-0.15, -0.1) is 11.2 Å². The van der Waals surface area contributed by atoms with Gasteiger partial charge in [-0.3, -0.25) is 0 Å². The van der Waals surface area contributed by atoms with Gasteiger partial charge in [-0.05, 0) is 44.7 Å². The van der Waals surface area contributed by atoms with Crippen molar-refractivity contribution >= 4 is 22.1 Å². The second-order valence-electron chi connectivity index (χ2n) is 5.31. The molecule has 2 aromatic carbocycles. The molecular weight excluding hydrogens is 304 g/mol. The zero-order chi connectivity index (χ0) is 16.1. The van der Waals surface area contributed by atoms with Gasteiger partial charge in [-0.25, -0.2) is 0 Å². The van der Waals surface area contributed by atoms with E-state index in [9.17, 15) is 0 Å². The number of benzene rings is 2. The van der Waals surface area contributed by atoms with Crippen LogP contribution in [0, 0.1) is 26.0 Å². The Labute approximate surface area is 141 Å². The summed E-state index contributed by atoms with van der Waals surface area (Å²) in [7, 11) is -0.155. The molecule has 2 heteroatoms. The smallest absolute Gasteiger partial charge is 0.125 e. The lowest BCUT2D eigenvalue weighted by atomic mass is 10.1. The Morgan fingerprint density at radius 3 is 2.23 bits per heavy atom. The maximum atomic E-state index is 4.33. The summed E-state index contributed by atoms with van der Waals surface area (Å²) in [5.74, 6) is 1.02. The van der Waals surface area contributed by atoms with Crippen molar-refractivity contribution < 1.29 is 0 Å². The van der Waals surface area contributed by atoms with Crippen molar-refractivity contribution in [2.24, 2.45) is 0 Å². The largest absolute Gasteiger partial charge is 0.211 e. The lowest BCUT2D eigenvalue weighted by Crippen LogP contribution is -2.09. The Bertz CT molecular complexity index is 710. The standard InChI is InChI=1S/C20H23S2/c1-6-21-14-18(5)22(19-10-8-7-9-11-19)20-16(3)12-15(2)13-17(20)4/h7-13H,5-6H2,1-4H3/q+1. The number of hydrogen-bond acceptors (Lipinski definition) is 0. The van der Waals surface area contributed by atoms with E-state index in [0.717, 1.165) is 10.7 Å². The first-order valence-electron chi connectivity index (χ1n) is 7.48. The van der Waals surface area contributed by atoms with Crippen LogP contribution in [0.25, 0.3) is 0 Å². The molecule has 0 fully saturated rings. The molecule has 1 atom stereocenters. The molecular formula is C20H23S2+. The molecule has 0 heterocycles. The van der Waals surface area contributed by atoms with E-state index in [4.69, 9.17) is 0 Å². The first-order chi connectivity index (χ1) is 10.5. The first kappa shape index (κ1) is 16.9. The minimum absolute atomic E-state index is 0.155. The molecule has 0 aliphatic heterocycles. The molecule has 0 aliphatic rings. The van der Waals surface area contributed by atoms with Gasteiger partial charge in [0, 0.05) is 16.9 Å². The zero-order valence-corrected chi connectivity index (χ0v) is 15.4. The molecule has 0 saturated carbocycles. The summed E-state index contributed by atoms with van der Waals surface area (Å²) < 4.78 is 0. The van der Waals surface area contributed by atoms with Crippen LogP contribution in [0.3, 0.4) is 0 Å².